The third kappa shape index (κ3) is 2.08. The van der Waals surface area contributed by atoms with Gasteiger partial charge in [0.1, 0.15) is 5.82 Å². The van der Waals surface area contributed by atoms with E-state index in [0.717, 1.165) is 17.1 Å². The van der Waals surface area contributed by atoms with Crippen molar-refractivity contribution in [1.29, 1.82) is 0 Å². The van der Waals surface area contributed by atoms with Crippen molar-refractivity contribution in [3.63, 3.8) is 0 Å². The third-order valence-electron chi connectivity index (χ3n) is 2.53. The average molecular weight is 257 g/mol. The van der Waals surface area contributed by atoms with Crippen LogP contribution in [0.15, 0.2) is 24.3 Å². The summed E-state index contributed by atoms with van der Waals surface area (Å²) in [5.41, 5.74) is 0.598. The number of hydrogen-bond acceptors (Lipinski definition) is 3. The van der Waals surface area contributed by atoms with Crippen LogP contribution in [0.5, 0.6) is 0 Å². The summed E-state index contributed by atoms with van der Waals surface area (Å²) in [5.74, 6) is 0.415. The van der Waals surface area contributed by atoms with E-state index < -0.39 is 0 Å². The minimum Gasteiger partial charge on any atom is -0.207 e. The normalized spacial score (nSPS) is 11.8. The van der Waals surface area contributed by atoms with Gasteiger partial charge in [-0.05, 0) is 54.7 Å². The van der Waals surface area contributed by atoms with Crippen molar-refractivity contribution in [3.05, 3.63) is 45.9 Å². The van der Waals surface area contributed by atoms with Crippen molar-refractivity contribution in [2.24, 2.45) is 0 Å². The lowest BCUT2D eigenvalue weighted by Crippen LogP contribution is -2.20. The van der Waals surface area contributed by atoms with Gasteiger partial charge < -0.3 is 0 Å². The third-order valence-corrected chi connectivity index (χ3v) is 3.32. The van der Waals surface area contributed by atoms with Crippen molar-refractivity contribution in [1.82, 2.24) is 9.36 Å². The second-order valence-corrected chi connectivity index (χ2v) is 5.34. The number of halogens is 2. The maximum Gasteiger partial charge on any atom is 0.203 e. The molecule has 2 rings (SSSR count). The molecule has 1 aromatic heterocycles. The Kier molecular flexibility index (Phi) is 2.95. The average Bonchev–Trinajstić information content (AvgIpc) is 2.66. The van der Waals surface area contributed by atoms with E-state index in [2.05, 4.69) is 9.36 Å². The van der Waals surface area contributed by atoms with Crippen molar-refractivity contribution in [2.75, 3.05) is 0 Å². The molecule has 1 aromatic carbocycles. The van der Waals surface area contributed by atoms with Gasteiger partial charge in [0, 0.05) is 0 Å². The highest BCUT2D eigenvalue weighted by Gasteiger charge is 2.27. The fourth-order valence-electron chi connectivity index (χ4n) is 1.45. The monoisotopic (exact) mass is 256 g/mol. The molecule has 2 aromatic rings. The van der Waals surface area contributed by atoms with Crippen LogP contribution >= 0.6 is 23.1 Å². The van der Waals surface area contributed by atoms with Gasteiger partial charge in [0.05, 0.1) is 5.41 Å². The fourth-order valence-corrected chi connectivity index (χ4v) is 2.20. The van der Waals surface area contributed by atoms with Crippen molar-refractivity contribution in [2.45, 2.75) is 19.3 Å². The molecule has 1 heterocycles. The Bertz CT molecular complexity index is 493. The highest BCUT2D eigenvalue weighted by molar-refractivity contribution is 7.10. The SMILES string of the molecule is CC(C)(c1ccc(F)cc1)c1nsc(Cl)n1. The zero-order chi connectivity index (χ0) is 11.8. The maximum absolute atomic E-state index is 12.8. The number of aromatic nitrogens is 2. The summed E-state index contributed by atoms with van der Waals surface area (Å²) in [7, 11) is 0. The number of rotatable bonds is 2. The standard InChI is InChI=1S/C11H10ClFN2S/c1-11(2,9-14-10(12)16-15-9)7-3-5-8(13)6-4-7/h3-6H,1-2H3. The maximum atomic E-state index is 12.8. The highest BCUT2D eigenvalue weighted by Crippen LogP contribution is 2.31. The van der Waals surface area contributed by atoms with E-state index in [0.29, 0.717) is 10.3 Å². The Morgan fingerprint density at radius 2 is 1.88 bits per heavy atom. The first-order valence-corrected chi connectivity index (χ1v) is 5.91. The molecule has 0 aliphatic carbocycles. The van der Waals surface area contributed by atoms with Gasteiger partial charge in [0.25, 0.3) is 0 Å². The summed E-state index contributed by atoms with van der Waals surface area (Å²) in [6.45, 7) is 3.97. The topological polar surface area (TPSA) is 25.8 Å². The first-order chi connectivity index (χ1) is 7.50. The molecule has 0 saturated heterocycles. The zero-order valence-corrected chi connectivity index (χ0v) is 10.4. The predicted octanol–water partition coefficient (Wildman–Crippen LogP) is 3.66. The van der Waals surface area contributed by atoms with Gasteiger partial charge >= 0.3 is 0 Å². The van der Waals surface area contributed by atoms with Gasteiger partial charge in [-0.25, -0.2) is 9.37 Å². The Morgan fingerprint density at radius 1 is 1.25 bits per heavy atom. The summed E-state index contributed by atoms with van der Waals surface area (Å²) in [6, 6.07) is 6.35. The highest BCUT2D eigenvalue weighted by atomic mass is 35.5. The van der Waals surface area contributed by atoms with Gasteiger partial charge in [-0.2, -0.15) is 4.37 Å². The molecule has 0 fully saturated rings. The van der Waals surface area contributed by atoms with Crippen LogP contribution in [0.2, 0.25) is 4.47 Å². The number of nitrogens with zero attached hydrogens (tertiary/aromatic N) is 2. The predicted molar refractivity (Wildman–Crippen MR) is 63.4 cm³/mol. The van der Waals surface area contributed by atoms with Gasteiger partial charge in [0.2, 0.25) is 4.47 Å². The van der Waals surface area contributed by atoms with Gasteiger partial charge in [-0.15, -0.1) is 0 Å². The van der Waals surface area contributed by atoms with Gasteiger partial charge in [0.15, 0.2) is 5.82 Å². The van der Waals surface area contributed by atoms with Crippen LogP contribution < -0.4 is 0 Å². The molecule has 84 valence electrons. The summed E-state index contributed by atoms with van der Waals surface area (Å²) >= 11 is 6.92. The number of hydrogen-bond donors (Lipinski definition) is 0. The summed E-state index contributed by atoms with van der Waals surface area (Å²) in [4.78, 5) is 4.16. The van der Waals surface area contributed by atoms with E-state index in [4.69, 9.17) is 11.6 Å². The first-order valence-electron chi connectivity index (χ1n) is 4.76. The Labute approximate surface area is 102 Å². The molecule has 0 spiro atoms. The minimum absolute atomic E-state index is 0.246. The van der Waals surface area contributed by atoms with Crippen molar-refractivity contribution in [3.8, 4) is 0 Å². The first kappa shape index (κ1) is 11.5. The largest absolute Gasteiger partial charge is 0.207 e. The van der Waals surface area contributed by atoms with Crippen LogP contribution in [0.3, 0.4) is 0 Å². The minimum atomic E-state index is -0.364. The second-order valence-electron chi connectivity index (χ2n) is 4.00. The lowest BCUT2D eigenvalue weighted by atomic mass is 9.84. The Balaban J connectivity index is 2.42. The van der Waals surface area contributed by atoms with Gasteiger partial charge in [-0.3, -0.25) is 0 Å². The van der Waals surface area contributed by atoms with Gasteiger partial charge in [-0.1, -0.05) is 12.1 Å². The lowest BCUT2D eigenvalue weighted by Gasteiger charge is -2.21. The summed E-state index contributed by atoms with van der Waals surface area (Å²) < 4.78 is 17.4. The lowest BCUT2D eigenvalue weighted by molar-refractivity contribution is 0.592. The Morgan fingerprint density at radius 3 is 2.38 bits per heavy atom. The van der Waals surface area contributed by atoms with Crippen molar-refractivity contribution >= 4 is 23.1 Å². The summed E-state index contributed by atoms with van der Waals surface area (Å²) in [5, 5.41) is 0. The molecular formula is C11H10ClFN2S. The van der Waals surface area contributed by atoms with E-state index in [-0.39, 0.29) is 11.2 Å². The van der Waals surface area contributed by atoms with Crippen LogP contribution in [0.25, 0.3) is 0 Å². The quantitative estimate of drug-likeness (QED) is 0.820. The van der Waals surface area contributed by atoms with Crippen LogP contribution in [0, 0.1) is 5.82 Å². The smallest absolute Gasteiger partial charge is 0.203 e. The van der Waals surface area contributed by atoms with Crippen LogP contribution in [0.1, 0.15) is 25.2 Å². The van der Waals surface area contributed by atoms with Crippen LogP contribution in [-0.4, -0.2) is 9.36 Å². The van der Waals surface area contributed by atoms with E-state index >= 15 is 0 Å². The second kappa shape index (κ2) is 4.11. The van der Waals surface area contributed by atoms with E-state index in [1.807, 2.05) is 13.8 Å². The molecular weight excluding hydrogens is 247 g/mol. The molecule has 0 bridgehead atoms. The molecule has 0 amide bonds. The molecule has 16 heavy (non-hydrogen) atoms. The molecule has 0 aliphatic heterocycles. The number of benzene rings is 1. The molecule has 0 saturated carbocycles. The molecule has 2 nitrogen and oxygen atoms in total. The Hall–Kier alpha value is -1.00. The van der Waals surface area contributed by atoms with Crippen LogP contribution in [-0.2, 0) is 5.41 Å². The molecule has 0 atom stereocenters. The van der Waals surface area contributed by atoms with Crippen molar-refractivity contribution < 1.29 is 4.39 Å². The summed E-state index contributed by atoms with van der Waals surface area (Å²) in [6.07, 6.45) is 0. The van der Waals surface area contributed by atoms with E-state index in [9.17, 15) is 4.39 Å². The van der Waals surface area contributed by atoms with E-state index in [1.54, 1.807) is 12.1 Å². The van der Waals surface area contributed by atoms with Crippen LogP contribution in [0.4, 0.5) is 4.39 Å². The van der Waals surface area contributed by atoms with E-state index in [1.165, 1.54) is 12.1 Å². The fraction of sp³-hybridized carbons (Fsp3) is 0.273. The molecule has 0 N–H and O–H groups in total. The molecule has 0 radical (unpaired) electrons. The molecule has 0 aliphatic rings. The molecule has 5 heteroatoms. The molecule has 0 unspecified atom stereocenters. The zero-order valence-electron chi connectivity index (χ0n) is 8.87.